The van der Waals surface area contributed by atoms with Crippen molar-refractivity contribution in [3.05, 3.63) is 107 Å². The number of halogens is 1. The van der Waals surface area contributed by atoms with Crippen molar-refractivity contribution in [3.8, 4) is 6.07 Å². The van der Waals surface area contributed by atoms with E-state index in [0.29, 0.717) is 17.2 Å². The van der Waals surface area contributed by atoms with Crippen molar-refractivity contribution < 1.29 is 9.18 Å². The maximum atomic E-state index is 13.3. The van der Waals surface area contributed by atoms with Crippen LogP contribution in [0.25, 0.3) is 5.70 Å². The molecule has 2 aromatic carbocycles. The summed E-state index contributed by atoms with van der Waals surface area (Å²) < 4.78 is 13.3. The molecule has 206 valence electrons. The van der Waals surface area contributed by atoms with Gasteiger partial charge in [-0.3, -0.25) is 14.7 Å². The van der Waals surface area contributed by atoms with Crippen LogP contribution in [0.1, 0.15) is 58.4 Å². The first kappa shape index (κ1) is 27.5. The van der Waals surface area contributed by atoms with E-state index in [0.717, 1.165) is 81.7 Å². The first-order valence-corrected chi connectivity index (χ1v) is 14.1. The van der Waals surface area contributed by atoms with Crippen LogP contribution < -0.4 is 5.32 Å². The number of carbonyl (C=O) groups is 1. The second kappa shape index (κ2) is 12.9. The summed E-state index contributed by atoms with van der Waals surface area (Å²) in [6, 6.07) is 20.5. The van der Waals surface area contributed by atoms with Gasteiger partial charge in [-0.2, -0.15) is 5.26 Å². The minimum absolute atomic E-state index is 0.132. The number of hydrogen-bond donors (Lipinski definition) is 1. The molecule has 6 nitrogen and oxygen atoms in total. The summed E-state index contributed by atoms with van der Waals surface area (Å²) in [6.45, 7) is 8.86. The number of amides is 1. The molecule has 0 aliphatic carbocycles. The highest BCUT2D eigenvalue weighted by Gasteiger charge is 2.24. The quantitative estimate of drug-likeness (QED) is 0.416. The Morgan fingerprint density at radius 2 is 1.73 bits per heavy atom. The lowest BCUT2D eigenvalue weighted by molar-refractivity contribution is 0.0904. The third-order valence-electron chi connectivity index (χ3n) is 8.08. The molecule has 0 bridgehead atoms. The molecule has 0 radical (unpaired) electrons. The normalized spacial score (nSPS) is 18.2. The third-order valence-corrected chi connectivity index (χ3v) is 8.08. The summed E-state index contributed by atoms with van der Waals surface area (Å²) in [5.74, 6) is 0.151. The van der Waals surface area contributed by atoms with Crippen LogP contribution in [0.4, 0.5) is 4.39 Å². The van der Waals surface area contributed by atoms with Crippen molar-refractivity contribution in [1.29, 1.82) is 5.26 Å². The molecule has 0 spiro atoms. The lowest BCUT2D eigenvalue weighted by atomic mass is 9.90. The fourth-order valence-corrected chi connectivity index (χ4v) is 5.75. The zero-order chi connectivity index (χ0) is 27.9. The summed E-state index contributed by atoms with van der Waals surface area (Å²) in [5.41, 5.74) is 5.31. The van der Waals surface area contributed by atoms with Crippen LogP contribution in [0.15, 0.2) is 73.4 Å². The number of hydrogen-bond acceptors (Lipinski definition) is 5. The van der Waals surface area contributed by atoms with Crippen molar-refractivity contribution in [2.24, 2.45) is 5.92 Å². The average Bonchev–Trinajstić information content (AvgIpc) is 2.99. The molecular weight excluding hydrogens is 501 g/mol. The molecule has 1 amide bonds. The minimum atomic E-state index is -0.200. The van der Waals surface area contributed by atoms with E-state index in [9.17, 15) is 9.18 Å². The molecule has 1 N–H and O–H groups in total. The number of nitrogens with zero attached hydrogens (tertiary/aromatic N) is 4. The molecule has 2 aliphatic rings. The van der Waals surface area contributed by atoms with Gasteiger partial charge in [0.05, 0.1) is 11.6 Å². The lowest BCUT2D eigenvalue weighted by Crippen LogP contribution is -2.44. The Hall–Kier alpha value is -4.02. The van der Waals surface area contributed by atoms with Crippen LogP contribution in [0, 0.1) is 23.1 Å². The summed E-state index contributed by atoms with van der Waals surface area (Å²) >= 11 is 0. The topological polar surface area (TPSA) is 72.3 Å². The summed E-state index contributed by atoms with van der Waals surface area (Å²) in [7, 11) is 0. The van der Waals surface area contributed by atoms with Gasteiger partial charge in [-0.1, -0.05) is 30.8 Å². The highest BCUT2D eigenvalue weighted by atomic mass is 19.1. The molecule has 3 heterocycles. The van der Waals surface area contributed by atoms with Crippen LogP contribution in [-0.2, 0) is 13.0 Å². The summed E-state index contributed by atoms with van der Waals surface area (Å²) in [5, 5.41) is 12.1. The molecular formula is C33H36FN5O. The van der Waals surface area contributed by atoms with Crippen molar-refractivity contribution in [2.45, 2.75) is 44.7 Å². The fourth-order valence-electron chi connectivity index (χ4n) is 5.75. The van der Waals surface area contributed by atoms with Crippen molar-refractivity contribution in [1.82, 2.24) is 20.1 Å². The van der Waals surface area contributed by atoms with E-state index in [4.69, 9.17) is 5.26 Å². The maximum Gasteiger partial charge on any atom is 0.270 e. The molecule has 1 aromatic heterocycles. The predicted molar refractivity (Wildman–Crippen MR) is 155 cm³/mol. The number of likely N-dealkylation sites (tertiary alicyclic amines) is 2. The van der Waals surface area contributed by atoms with E-state index >= 15 is 0 Å². The van der Waals surface area contributed by atoms with Crippen LogP contribution >= 0.6 is 0 Å². The van der Waals surface area contributed by atoms with Gasteiger partial charge in [0.15, 0.2) is 0 Å². The lowest BCUT2D eigenvalue weighted by Gasteiger charge is -2.35. The Kier molecular flexibility index (Phi) is 8.87. The van der Waals surface area contributed by atoms with E-state index in [-0.39, 0.29) is 17.8 Å². The van der Waals surface area contributed by atoms with Crippen molar-refractivity contribution >= 4 is 11.6 Å². The molecule has 0 saturated carbocycles. The molecule has 2 saturated heterocycles. The fraction of sp³-hybridized carbons (Fsp3) is 0.364. The number of nitriles is 1. The van der Waals surface area contributed by atoms with Crippen LogP contribution in [0.5, 0.6) is 0 Å². The third kappa shape index (κ3) is 7.13. The molecule has 7 heteroatoms. The molecule has 1 atom stereocenters. The van der Waals surface area contributed by atoms with E-state index in [1.54, 1.807) is 12.3 Å². The van der Waals surface area contributed by atoms with Gasteiger partial charge in [-0.05, 0) is 85.5 Å². The first-order valence-electron chi connectivity index (χ1n) is 14.1. The molecule has 2 fully saturated rings. The second-order valence-corrected chi connectivity index (χ2v) is 11.0. The van der Waals surface area contributed by atoms with Gasteiger partial charge in [-0.15, -0.1) is 0 Å². The maximum absolute atomic E-state index is 13.3. The molecule has 3 aromatic rings. The van der Waals surface area contributed by atoms with Gasteiger partial charge in [-0.25, -0.2) is 4.39 Å². The largest absolute Gasteiger partial charge is 0.371 e. The van der Waals surface area contributed by atoms with Gasteiger partial charge in [0.2, 0.25) is 0 Å². The average molecular weight is 538 g/mol. The Balaban J connectivity index is 1.08. The van der Waals surface area contributed by atoms with Crippen LogP contribution in [0.2, 0.25) is 0 Å². The number of rotatable bonds is 8. The van der Waals surface area contributed by atoms with Gasteiger partial charge >= 0.3 is 0 Å². The van der Waals surface area contributed by atoms with Gasteiger partial charge < -0.3 is 10.2 Å². The Labute approximate surface area is 236 Å². The van der Waals surface area contributed by atoms with E-state index < -0.39 is 0 Å². The highest BCUT2D eigenvalue weighted by molar-refractivity contribution is 5.92. The Morgan fingerprint density at radius 1 is 1.00 bits per heavy atom. The predicted octanol–water partition coefficient (Wildman–Crippen LogP) is 5.41. The highest BCUT2D eigenvalue weighted by Crippen LogP contribution is 2.27. The Morgan fingerprint density at radius 3 is 2.40 bits per heavy atom. The monoisotopic (exact) mass is 537 g/mol. The number of nitrogens with one attached hydrogen (secondary N) is 1. The van der Waals surface area contributed by atoms with Gasteiger partial charge in [0.1, 0.15) is 11.5 Å². The molecule has 1 unspecified atom stereocenters. The van der Waals surface area contributed by atoms with E-state index in [1.807, 2.05) is 42.5 Å². The number of piperidine rings is 2. The summed E-state index contributed by atoms with van der Waals surface area (Å²) in [6.07, 6.45) is 6.70. The summed E-state index contributed by atoms with van der Waals surface area (Å²) in [4.78, 5) is 22.1. The zero-order valence-corrected chi connectivity index (χ0v) is 22.9. The SMILES string of the molecule is C=C(c1ccc(C(=O)NC2CCN(Cc3ccc(C#N)cc3)CC2)nc1)N1CCCC(Cc2ccc(F)cc2)C1. The number of pyridine rings is 1. The van der Waals surface area contributed by atoms with E-state index in [1.165, 1.54) is 17.7 Å². The van der Waals surface area contributed by atoms with Crippen molar-refractivity contribution in [3.63, 3.8) is 0 Å². The molecule has 2 aliphatic heterocycles. The minimum Gasteiger partial charge on any atom is -0.371 e. The number of aromatic nitrogens is 1. The standard InChI is InChI=1S/C33H36FN5O/c1-24(39-16-2-3-28(23-39)19-25-8-11-30(34)12-9-25)29-10-13-32(36-21-29)33(40)37-31-14-17-38(18-15-31)22-27-6-4-26(20-35)5-7-27/h4-13,21,28,31H,1-3,14-19,22-23H2,(H,37,40). The van der Waals surface area contributed by atoms with Gasteiger partial charge in [0, 0.05) is 56.2 Å². The number of benzene rings is 2. The smallest absolute Gasteiger partial charge is 0.270 e. The van der Waals surface area contributed by atoms with E-state index in [2.05, 4.69) is 32.7 Å². The molecule has 5 rings (SSSR count). The molecule has 40 heavy (non-hydrogen) atoms. The van der Waals surface area contributed by atoms with Crippen molar-refractivity contribution in [2.75, 3.05) is 26.2 Å². The first-order chi connectivity index (χ1) is 19.5. The Bertz CT molecular complexity index is 1340. The number of carbonyl (C=O) groups excluding carboxylic acids is 1. The van der Waals surface area contributed by atoms with Crippen LogP contribution in [-0.4, -0.2) is 52.9 Å². The second-order valence-electron chi connectivity index (χ2n) is 11.0. The zero-order valence-electron chi connectivity index (χ0n) is 22.9. The van der Waals surface area contributed by atoms with Crippen LogP contribution in [0.3, 0.4) is 0 Å². The van der Waals surface area contributed by atoms with Gasteiger partial charge in [0.25, 0.3) is 5.91 Å².